The lowest BCUT2D eigenvalue weighted by Gasteiger charge is -2.32. The fraction of sp³-hybridized carbons (Fsp3) is 0.895. The van der Waals surface area contributed by atoms with Gasteiger partial charge in [0.05, 0.1) is 27.2 Å². The van der Waals surface area contributed by atoms with Gasteiger partial charge in [-0.2, -0.15) is 8.42 Å². The summed E-state index contributed by atoms with van der Waals surface area (Å²) in [6, 6.07) is -0.0899. The maximum Gasteiger partial charge on any atom is 0.407 e. The zero-order valence-electron chi connectivity index (χ0n) is 18.4. The van der Waals surface area contributed by atoms with Crippen LogP contribution in [0.15, 0.2) is 4.99 Å². The van der Waals surface area contributed by atoms with E-state index in [1.54, 1.807) is 20.2 Å². The smallest absolute Gasteiger partial charge is 0.407 e. The zero-order chi connectivity index (χ0) is 22.6. The average Bonchev–Trinajstić information content (AvgIpc) is 2.58. The van der Waals surface area contributed by atoms with Crippen LogP contribution in [-0.4, -0.2) is 81.8 Å². The summed E-state index contributed by atoms with van der Waals surface area (Å²) < 4.78 is 36.2. The second kappa shape index (κ2) is 13.0. The number of nitrogens with one attached hydrogen (secondary N) is 1. The van der Waals surface area contributed by atoms with Crippen molar-refractivity contribution in [3.8, 4) is 0 Å². The van der Waals surface area contributed by atoms with Crippen molar-refractivity contribution < 1.29 is 31.8 Å². The molecular formula is C19H38N3O6S+. The summed E-state index contributed by atoms with van der Waals surface area (Å²) in [6.45, 7) is 7.31. The van der Waals surface area contributed by atoms with Gasteiger partial charge in [-0.15, -0.1) is 0 Å². The second-order valence-corrected chi connectivity index (χ2v) is 10.2. The van der Waals surface area contributed by atoms with Gasteiger partial charge >= 0.3 is 6.09 Å². The molecule has 0 aliphatic carbocycles. The number of nitrogens with zero attached hydrogens (tertiary/aromatic N) is 2. The highest BCUT2D eigenvalue weighted by atomic mass is 32.2. The molecule has 0 heterocycles. The van der Waals surface area contributed by atoms with Crippen molar-refractivity contribution in [3.63, 3.8) is 0 Å². The molecule has 0 spiro atoms. The number of hydrogen-bond acceptors (Lipinski definition) is 6. The quantitative estimate of drug-likeness (QED) is 0.176. The highest BCUT2D eigenvalue weighted by molar-refractivity contribution is 7.85. The molecule has 0 fully saturated rings. The van der Waals surface area contributed by atoms with Gasteiger partial charge in [0.2, 0.25) is 6.08 Å². The van der Waals surface area contributed by atoms with Crippen LogP contribution in [0.1, 0.15) is 52.9 Å². The van der Waals surface area contributed by atoms with Gasteiger partial charge in [-0.25, -0.2) is 14.6 Å². The van der Waals surface area contributed by atoms with E-state index in [-0.39, 0.29) is 30.4 Å². The maximum absolute atomic E-state index is 12.2. The molecule has 0 saturated carbocycles. The van der Waals surface area contributed by atoms with E-state index < -0.39 is 16.2 Å². The number of alkyl carbamates (subject to hydrolysis) is 1. The zero-order valence-corrected chi connectivity index (χ0v) is 19.3. The summed E-state index contributed by atoms with van der Waals surface area (Å²) in [5.41, 5.74) is -0.200. The molecule has 0 aliphatic heterocycles. The van der Waals surface area contributed by atoms with Crippen LogP contribution in [0.5, 0.6) is 0 Å². The van der Waals surface area contributed by atoms with Crippen molar-refractivity contribution in [2.24, 2.45) is 10.4 Å². The Kier molecular flexibility index (Phi) is 12.3. The van der Waals surface area contributed by atoms with Crippen molar-refractivity contribution in [2.75, 3.05) is 46.1 Å². The predicted octanol–water partition coefficient (Wildman–Crippen LogP) is 2.38. The molecule has 0 rings (SSSR count). The highest BCUT2D eigenvalue weighted by Crippen LogP contribution is 2.30. The van der Waals surface area contributed by atoms with E-state index in [0.29, 0.717) is 24.0 Å². The van der Waals surface area contributed by atoms with E-state index in [2.05, 4.69) is 24.2 Å². The lowest BCUT2D eigenvalue weighted by molar-refractivity contribution is -0.888. The summed E-state index contributed by atoms with van der Waals surface area (Å²) >= 11 is 0. The molecule has 1 amide bonds. The number of carbonyl (C=O) groups excluding carboxylic acids is 2. The molecular weight excluding hydrogens is 398 g/mol. The third kappa shape index (κ3) is 14.2. The molecule has 0 aromatic carbocycles. The Morgan fingerprint density at radius 1 is 1.28 bits per heavy atom. The fourth-order valence-corrected chi connectivity index (χ4v) is 4.03. The molecule has 10 heteroatoms. The first kappa shape index (κ1) is 27.5. The molecule has 0 saturated heterocycles. The van der Waals surface area contributed by atoms with Crippen LogP contribution in [0, 0.1) is 5.41 Å². The van der Waals surface area contributed by atoms with Gasteiger partial charge < -0.3 is 14.5 Å². The first-order valence-corrected chi connectivity index (χ1v) is 11.7. The number of ether oxygens (including phenoxy) is 1. The number of aliphatic imine (C=N–C) groups is 1. The number of amides is 1. The third-order valence-corrected chi connectivity index (χ3v) is 5.66. The summed E-state index contributed by atoms with van der Waals surface area (Å²) in [6.07, 6.45) is 5.28. The van der Waals surface area contributed by atoms with Crippen LogP contribution in [0.2, 0.25) is 0 Å². The van der Waals surface area contributed by atoms with E-state index in [4.69, 9.17) is 9.29 Å². The molecule has 170 valence electrons. The van der Waals surface area contributed by atoms with Gasteiger partial charge in [0.15, 0.2) is 0 Å². The van der Waals surface area contributed by atoms with E-state index in [1.165, 1.54) is 0 Å². The molecule has 2 unspecified atom stereocenters. The maximum atomic E-state index is 12.2. The molecule has 0 radical (unpaired) electrons. The minimum Gasteiger partial charge on any atom is -0.444 e. The van der Waals surface area contributed by atoms with E-state index >= 15 is 0 Å². The minimum atomic E-state index is -4.02. The number of hydrogen-bond donors (Lipinski definition) is 2. The summed E-state index contributed by atoms with van der Waals surface area (Å²) in [4.78, 5) is 26.5. The fourth-order valence-electron chi connectivity index (χ4n) is 3.31. The summed E-state index contributed by atoms with van der Waals surface area (Å²) in [5, 5.41) is 2.91. The van der Waals surface area contributed by atoms with Crippen molar-refractivity contribution in [3.05, 3.63) is 0 Å². The number of carbonyl (C=O) groups is 1. The lowest BCUT2D eigenvalue weighted by Crippen LogP contribution is -2.46. The molecule has 9 nitrogen and oxygen atoms in total. The Balaban J connectivity index is 4.68. The van der Waals surface area contributed by atoms with E-state index in [9.17, 15) is 18.0 Å². The van der Waals surface area contributed by atoms with Crippen LogP contribution in [-0.2, 0) is 19.6 Å². The van der Waals surface area contributed by atoms with Crippen LogP contribution in [0.4, 0.5) is 4.79 Å². The van der Waals surface area contributed by atoms with Crippen molar-refractivity contribution in [1.82, 2.24) is 5.32 Å². The van der Waals surface area contributed by atoms with Gasteiger partial charge in [-0.1, -0.05) is 33.6 Å². The third-order valence-electron chi connectivity index (χ3n) is 4.96. The topological polar surface area (TPSA) is 122 Å². The van der Waals surface area contributed by atoms with Gasteiger partial charge in [0.25, 0.3) is 10.1 Å². The van der Waals surface area contributed by atoms with E-state index in [1.807, 2.05) is 6.92 Å². The summed E-state index contributed by atoms with van der Waals surface area (Å²) in [7, 11) is -0.414. The molecule has 0 bridgehead atoms. The predicted molar refractivity (Wildman–Crippen MR) is 112 cm³/mol. The van der Waals surface area contributed by atoms with Crippen molar-refractivity contribution in [1.29, 1.82) is 0 Å². The Hall–Kier alpha value is -1.48. The summed E-state index contributed by atoms with van der Waals surface area (Å²) in [5.74, 6) is -0.343. The van der Waals surface area contributed by atoms with Crippen molar-refractivity contribution >= 4 is 22.3 Å². The molecule has 0 aliphatic rings. The van der Waals surface area contributed by atoms with Gasteiger partial charge in [-0.05, 0) is 24.7 Å². The first-order valence-electron chi connectivity index (χ1n) is 10.1. The van der Waals surface area contributed by atoms with Gasteiger partial charge in [-0.3, -0.25) is 4.55 Å². The molecule has 0 aromatic heterocycles. The standard InChI is InChI=1S/C19H37N3O6S/c1-6-8-17(14-19(3,9-7-2)15-20-16-23)21-18(24)28-12-10-22(4,5)11-13-29(25,26)27/h17H,6-15H2,1-5H3,(H-,21,24,25,26,27)/p+1. The Bertz CT molecular complexity index is 646. The molecule has 2 N–H and O–H groups in total. The average molecular weight is 437 g/mol. The van der Waals surface area contributed by atoms with E-state index in [0.717, 1.165) is 25.7 Å². The highest BCUT2D eigenvalue weighted by Gasteiger charge is 2.28. The molecule has 2 atom stereocenters. The van der Waals surface area contributed by atoms with Crippen LogP contribution < -0.4 is 5.32 Å². The van der Waals surface area contributed by atoms with Crippen LogP contribution in [0.25, 0.3) is 0 Å². The lowest BCUT2D eigenvalue weighted by atomic mass is 9.79. The Morgan fingerprint density at radius 3 is 2.45 bits per heavy atom. The van der Waals surface area contributed by atoms with Crippen LogP contribution >= 0.6 is 0 Å². The van der Waals surface area contributed by atoms with Gasteiger partial charge in [0.1, 0.15) is 18.9 Å². The Morgan fingerprint density at radius 2 is 1.93 bits per heavy atom. The monoisotopic (exact) mass is 436 g/mol. The number of quaternary nitrogens is 1. The van der Waals surface area contributed by atoms with Crippen molar-refractivity contribution in [2.45, 2.75) is 58.9 Å². The normalized spacial score (nSPS) is 15.1. The second-order valence-electron chi connectivity index (χ2n) is 8.61. The Labute approximate surface area is 175 Å². The van der Waals surface area contributed by atoms with Crippen LogP contribution in [0.3, 0.4) is 0 Å². The number of isocyanates is 1. The molecule has 29 heavy (non-hydrogen) atoms. The first-order chi connectivity index (χ1) is 13.4. The number of likely N-dealkylation sites (N-methyl/N-ethyl adjacent to an activating group) is 1. The number of rotatable bonds is 15. The molecule has 0 aromatic rings. The largest absolute Gasteiger partial charge is 0.444 e. The minimum absolute atomic E-state index is 0.0899. The SMILES string of the molecule is CCCC(CC(C)(CCC)CN=C=O)NC(=O)OCC[N+](C)(C)CCS(=O)(=O)O. The van der Waals surface area contributed by atoms with Gasteiger partial charge in [0, 0.05) is 6.04 Å².